The minimum atomic E-state index is -1.16. The summed E-state index contributed by atoms with van der Waals surface area (Å²) >= 11 is 0. The number of benzene rings is 1. The van der Waals surface area contributed by atoms with E-state index >= 15 is 0 Å². The van der Waals surface area contributed by atoms with Gasteiger partial charge in [0, 0.05) is 17.6 Å². The number of hydrogen-bond donors (Lipinski definition) is 1. The molecule has 1 aromatic rings. The molecule has 2 rings (SSSR count). The molecule has 0 aromatic heterocycles. The topological polar surface area (TPSA) is 69.2 Å². The highest BCUT2D eigenvalue weighted by molar-refractivity contribution is 5.95. The molecule has 4 nitrogen and oxygen atoms in total. The van der Waals surface area contributed by atoms with E-state index in [1.54, 1.807) is 6.08 Å². The van der Waals surface area contributed by atoms with Crippen molar-refractivity contribution in [3.8, 4) is 0 Å². The third-order valence-electron chi connectivity index (χ3n) is 3.85. The molecule has 0 fully saturated rings. The van der Waals surface area contributed by atoms with Crippen LogP contribution in [0.2, 0.25) is 0 Å². The van der Waals surface area contributed by atoms with Crippen molar-refractivity contribution in [1.82, 2.24) is 0 Å². The molecule has 0 heterocycles. The van der Waals surface area contributed by atoms with Gasteiger partial charge in [-0.15, -0.1) is 0 Å². The lowest BCUT2D eigenvalue weighted by molar-refractivity contribution is -0.313. The molecular formula is C16H18NO3-. The largest absolute Gasteiger partial charge is 0.550 e. The molecule has 1 aliphatic rings. The minimum Gasteiger partial charge on any atom is -0.550 e. The maximum absolute atomic E-state index is 12.2. The van der Waals surface area contributed by atoms with Crippen molar-refractivity contribution in [2.45, 2.75) is 26.7 Å². The number of hydrogen-bond acceptors (Lipinski definition) is 3. The van der Waals surface area contributed by atoms with Crippen LogP contribution in [0.25, 0.3) is 0 Å². The first kappa shape index (κ1) is 14.3. The predicted octanol–water partition coefficient (Wildman–Crippen LogP) is 1.57. The smallest absolute Gasteiger partial charge is 0.228 e. The lowest BCUT2D eigenvalue weighted by Gasteiger charge is -2.28. The van der Waals surface area contributed by atoms with E-state index in [1.807, 2.05) is 38.1 Å². The minimum absolute atomic E-state index is 0.258. The average molecular weight is 272 g/mol. The van der Waals surface area contributed by atoms with Crippen LogP contribution in [0.5, 0.6) is 0 Å². The Kier molecular flexibility index (Phi) is 4.23. The van der Waals surface area contributed by atoms with E-state index in [-0.39, 0.29) is 5.91 Å². The third-order valence-corrected chi connectivity index (χ3v) is 3.85. The first-order chi connectivity index (χ1) is 9.49. The van der Waals surface area contributed by atoms with Gasteiger partial charge in [0.1, 0.15) is 0 Å². The Bertz CT molecular complexity index is 563. The fourth-order valence-electron chi connectivity index (χ4n) is 2.42. The summed E-state index contributed by atoms with van der Waals surface area (Å²) in [4.78, 5) is 23.3. The van der Waals surface area contributed by atoms with E-state index < -0.39 is 17.8 Å². The van der Waals surface area contributed by atoms with E-state index in [9.17, 15) is 14.7 Å². The van der Waals surface area contributed by atoms with Gasteiger partial charge in [0.05, 0.1) is 5.92 Å². The van der Waals surface area contributed by atoms with Gasteiger partial charge in [-0.05, 0) is 49.9 Å². The van der Waals surface area contributed by atoms with Crippen LogP contribution >= 0.6 is 0 Å². The standard InChI is InChI=1S/C16H19NO3/c1-10-7-8-12(9-11(10)2)17-15(18)13-5-3-4-6-14(13)16(19)20/h3-4,7-9,13-14H,5-6H2,1-2H3,(H,17,18)(H,19,20)/p-1/t13-,14+/m1/s1. The van der Waals surface area contributed by atoms with E-state index in [0.717, 1.165) is 11.1 Å². The van der Waals surface area contributed by atoms with Crippen molar-refractivity contribution in [3.05, 3.63) is 41.5 Å². The van der Waals surface area contributed by atoms with Crippen LogP contribution in [0, 0.1) is 25.7 Å². The van der Waals surface area contributed by atoms with Crippen LogP contribution < -0.4 is 10.4 Å². The monoisotopic (exact) mass is 272 g/mol. The highest BCUT2D eigenvalue weighted by atomic mass is 16.4. The summed E-state index contributed by atoms with van der Waals surface area (Å²) in [6.07, 6.45) is 4.44. The molecule has 106 valence electrons. The first-order valence-corrected chi connectivity index (χ1v) is 6.73. The summed E-state index contributed by atoms with van der Waals surface area (Å²) in [5, 5.41) is 13.9. The molecule has 0 spiro atoms. The van der Waals surface area contributed by atoms with Crippen molar-refractivity contribution in [2.24, 2.45) is 11.8 Å². The highest BCUT2D eigenvalue weighted by Gasteiger charge is 2.29. The summed E-state index contributed by atoms with van der Waals surface area (Å²) in [7, 11) is 0. The van der Waals surface area contributed by atoms with E-state index in [4.69, 9.17) is 0 Å². The van der Waals surface area contributed by atoms with Crippen LogP contribution in [0.15, 0.2) is 30.4 Å². The summed E-state index contributed by atoms with van der Waals surface area (Å²) in [5.74, 6) is -2.72. The molecule has 2 atom stereocenters. The molecule has 0 radical (unpaired) electrons. The average Bonchev–Trinajstić information content (AvgIpc) is 2.43. The molecule has 1 N–H and O–H groups in total. The normalized spacial score (nSPS) is 21.5. The zero-order valence-electron chi connectivity index (χ0n) is 11.7. The number of aliphatic carboxylic acids is 1. The molecule has 1 aromatic carbocycles. The summed E-state index contributed by atoms with van der Waals surface area (Å²) in [5.41, 5.74) is 2.93. The first-order valence-electron chi connectivity index (χ1n) is 6.73. The van der Waals surface area contributed by atoms with Gasteiger partial charge in [0.2, 0.25) is 5.91 Å². The number of carboxylic acids is 1. The second-order valence-corrected chi connectivity index (χ2v) is 5.26. The Morgan fingerprint density at radius 1 is 1.10 bits per heavy atom. The number of carboxylic acid groups (broad SMARTS) is 1. The second-order valence-electron chi connectivity index (χ2n) is 5.26. The second kappa shape index (κ2) is 5.90. The Morgan fingerprint density at radius 2 is 1.75 bits per heavy atom. The molecule has 0 aliphatic heterocycles. The van der Waals surface area contributed by atoms with Crippen molar-refractivity contribution < 1.29 is 14.7 Å². The third kappa shape index (κ3) is 3.07. The van der Waals surface area contributed by atoms with Crippen LogP contribution in [0.3, 0.4) is 0 Å². The number of aryl methyl sites for hydroxylation is 2. The van der Waals surface area contributed by atoms with Gasteiger partial charge in [0.15, 0.2) is 0 Å². The molecule has 1 aliphatic carbocycles. The highest BCUT2D eigenvalue weighted by Crippen LogP contribution is 2.27. The number of nitrogens with one attached hydrogen (secondary N) is 1. The zero-order chi connectivity index (χ0) is 14.7. The van der Waals surface area contributed by atoms with Crippen molar-refractivity contribution in [1.29, 1.82) is 0 Å². The Labute approximate surface area is 118 Å². The van der Waals surface area contributed by atoms with Crippen LogP contribution in [0.1, 0.15) is 24.0 Å². The van der Waals surface area contributed by atoms with Gasteiger partial charge in [-0.2, -0.15) is 0 Å². The molecule has 4 heteroatoms. The molecule has 1 amide bonds. The SMILES string of the molecule is Cc1ccc(NC(=O)[C@@H]2CC=CC[C@@H]2C(=O)[O-])cc1C. The Hall–Kier alpha value is -2.10. The molecule has 0 bridgehead atoms. The maximum atomic E-state index is 12.2. The van der Waals surface area contributed by atoms with Gasteiger partial charge in [-0.1, -0.05) is 18.2 Å². The van der Waals surface area contributed by atoms with Crippen molar-refractivity contribution >= 4 is 17.6 Å². The van der Waals surface area contributed by atoms with Gasteiger partial charge in [0.25, 0.3) is 0 Å². The molecule has 0 saturated heterocycles. The van der Waals surface area contributed by atoms with Crippen molar-refractivity contribution in [3.63, 3.8) is 0 Å². The lowest BCUT2D eigenvalue weighted by Crippen LogP contribution is -2.41. The predicted molar refractivity (Wildman–Crippen MR) is 74.9 cm³/mol. The van der Waals surface area contributed by atoms with E-state index in [1.165, 1.54) is 0 Å². The van der Waals surface area contributed by atoms with Gasteiger partial charge >= 0.3 is 0 Å². The quantitative estimate of drug-likeness (QED) is 0.849. The number of allylic oxidation sites excluding steroid dienone is 2. The number of carbonyl (C=O) groups is 2. The van der Waals surface area contributed by atoms with Gasteiger partial charge in [-0.3, -0.25) is 4.79 Å². The Balaban J connectivity index is 2.12. The van der Waals surface area contributed by atoms with Crippen LogP contribution in [0.4, 0.5) is 5.69 Å². The summed E-state index contributed by atoms with van der Waals surface area (Å²) < 4.78 is 0. The van der Waals surface area contributed by atoms with E-state index in [0.29, 0.717) is 18.5 Å². The summed E-state index contributed by atoms with van der Waals surface area (Å²) in [6.45, 7) is 3.97. The van der Waals surface area contributed by atoms with Crippen molar-refractivity contribution in [2.75, 3.05) is 5.32 Å². The maximum Gasteiger partial charge on any atom is 0.228 e. The number of amides is 1. The number of anilines is 1. The van der Waals surface area contributed by atoms with Gasteiger partial charge in [-0.25, -0.2) is 0 Å². The van der Waals surface area contributed by atoms with E-state index in [2.05, 4.69) is 5.32 Å². The number of carbonyl (C=O) groups excluding carboxylic acids is 2. The van der Waals surface area contributed by atoms with Crippen LogP contribution in [-0.4, -0.2) is 11.9 Å². The number of rotatable bonds is 3. The molecular weight excluding hydrogens is 254 g/mol. The summed E-state index contributed by atoms with van der Waals surface area (Å²) in [6, 6.07) is 5.65. The zero-order valence-corrected chi connectivity index (χ0v) is 11.7. The Morgan fingerprint density at radius 3 is 2.35 bits per heavy atom. The van der Waals surface area contributed by atoms with Gasteiger partial charge < -0.3 is 15.2 Å². The fraction of sp³-hybridized carbons (Fsp3) is 0.375. The lowest BCUT2D eigenvalue weighted by atomic mass is 9.82. The molecule has 20 heavy (non-hydrogen) atoms. The molecule has 0 unspecified atom stereocenters. The fourth-order valence-corrected chi connectivity index (χ4v) is 2.42. The van der Waals surface area contributed by atoms with Crippen LogP contribution in [-0.2, 0) is 9.59 Å². The molecule has 0 saturated carbocycles.